The zero-order valence-corrected chi connectivity index (χ0v) is 12.4. The van der Waals surface area contributed by atoms with Crippen LogP contribution in [0.2, 0.25) is 0 Å². The van der Waals surface area contributed by atoms with Crippen molar-refractivity contribution >= 4 is 28.0 Å². The Hall–Kier alpha value is -3.54. The van der Waals surface area contributed by atoms with E-state index in [-0.39, 0.29) is 5.39 Å². The highest BCUT2D eigenvalue weighted by Crippen LogP contribution is 2.19. The molecule has 0 bridgehead atoms. The molecule has 0 saturated carbocycles. The van der Waals surface area contributed by atoms with E-state index >= 15 is 0 Å². The monoisotopic (exact) mass is 317 g/mol. The van der Waals surface area contributed by atoms with E-state index in [0.717, 1.165) is 15.3 Å². The van der Waals surface area contributed by atoms with Crippen LogP contribution in [0.1, 0.15) is 10.4 Å². The zero-order valence-electron chi connectivity index (χ0n) is 12.4. The van der Waals surface area contributed by atoms with Gasteiger partial charge in [0.2, 0.25) is 0 Å². The smallest absolute Gasteiger partial charge is 0.306 e. The second-order valence-electron chi connectivity index (χ2n) is 5.37. The Kier molecular flexibility index (Phi) is 3.09. The minimum atomic E-state index is -0.551. The van der Waals surface area contributed by atoms with Gasteiger partial charge in [-0.25, -0.2) is 9.36 Å². The van der Waals surface area contributed by atoms with Gasteiger partial charge in [0.25, 0.3) is 5.56 Å². The van der Waals surface area contributed by atoms with Gasteiger partial charge < -0.3 is 4.98 Å². The number of rotatable bonds is 2. The summed E-state index contributed by atoms with van der Waals surface area (Å²) >= 11 is 0. The fraction of sp³-hybridized carbons (Fsp3) is 0. The van der Waals surface area contributed by atoms with Crippen LogP contribution < -0.4 is 11.2 Å². The molecule has 6 heteroatoms. The van der Waals surface area contributed by atoms with E-state index < -0.39 is 11.2 Å². The van der Waals surface area contributed by atoms with Crippen LogP contribution in [0.3, 0.4) is 0 Å². The van der Waals surface area contributed by atoms with Crippen molar-refractivity contribution in [1.29, 1.82) is 0 Å². The van der Waals surface area contributed by atoms with E-state index in [1.807, 2.05) is 24.3 Å². The number of carbonyl (C=O) groups is 1. The quantitative estimate of drug-likeness (QED) is 0.573. The number of fused-ring (bicyclic) bond motifs is 2. The average molecular weight is 317 g/mol. The Morgan fingerprint density at radius 2 is 1.83 bits per heavy atom. The largest absolute Gasteiger partial charge is 0.333 e. The summed E-state index contributed by atoms with van der Waals surface area (Å²) < 4.78 is 1.05. The first-order valence-corrected chi connectivity index (χ1v) is 7.26. The summed E-state index contributed by atoms with van der Waals surface area (Å²) in [7, 11) is 0. The normalized spacial score (nSPS) is 11.0. The predicted octanol–water partition coefficient (Wildman–Crippen LogP) is 2.04. The molecule has 4 aromatic rings. The number of carbonyl (C=O) groups excluding carboxylic acids is 1. The summed E-state index contributed by atoms with van der Waals surface area (Å²) in [4.78, 5) is 43.1. The lowest BCUT2D eigenvalue weighted by Gasteiger charge is -2.09. The van der Waals surface area contributed by atoms with Crippen molar-refractivity contribution in [3.8, 4) is 5.69 Å². The van der Waals surface area contributed by atoms with Crippen molar-refractivity contribution in [2.75, 3.05) is 0 Å². The maximum absolute atomic E-state index is 12.9. The van der Waals surface area contributed by atoms with Gasteiger partial charge in [-0.05, 0) is 18.2 Å². The van der Waals surface area contributed by atoms with Crippen LogP contribution in [0.25, 0.3) is 27.4 Å². The standard InChI is InChI=1S/C18H11N3O3/c22-10-11-5-6-15-14(7-11)17(23)21(18(24)20-15)16-9-19-8-12-3-1-2-4-13(12)16/h1-10H,(H,20,24). The fourth-order valence-electron chi connectivity index (χ4n) is 2.80. The highest BCUT2D eigenvalue weighted by Gasteiger charge is 2.12. The highest BCUT2D eigenvalue weighted by molar-refractivity contribution is 5.90. The molecule has 0 aliphatic carbocycles. The Labute approximate surface area is 135 Å². The minimum absolute atomic E-state index is 0.270. The molecule has 24 heavy (non-hydrogen) atoms. The van der Waals surface area contributed by atoms with Crippen LogP contribution in [-0.4, -0.2) is 20.8 Å². The third-order valence-electron chi connectivity index (χ3n) is 3.95. The highest BCUT2D eigenvalue weighted by atomic mass is 16.2. The molecule has 116 valence electrons. The molecule has 0 saturated heterocycles. The number of H-pyrrole nitrogens is 1. The van der Waals surface area contributed by atoms with Gasteiger partial charge in [0.1, 0.15) is 6.29 Å². The Balaban J connectivity index is 2.15. The number of nitrogens with zero attached hydrogens (tertiary/aromatic N) is 2. The molecule has 0 fully saturated rings. The first kappa shape index (κ1) is 14.1. The van der Waals surface area contributed by atoms with E-state index in [4.69, 9.17) is 0 Å². The summed E-state index contributed by atoms with van der Waals surface area (Å²) in [6.07, 6.45) is 3.81. The van der Waals surface area contributed by atoms with Crippen molar-refractivity contribution in [3.63, 3.8) is 0 Å². The van der Waals surface area contributed by atoms with E-state index in [1.165, 1.54) is 12.3 Å². The molecule has 4 rings (SSSR count). The van der Waals surface area contributed by atoms with Crippen molar-refractivity contribution in [3.05, 3.63) is 81.3 Å². The van der Waals surface area contributed by atoms with E-state index in [0.29, 0.717) is 23.1 Å². The lowest BCUT2D eigenvalue weighted by atomic mass is 10.1. The van der Waals surface area contributed by atoms with Gasteiger partial charge in [-0.15, -0.1) is 0 Å². The fourth-order valence-corrected chi connectivity index (χ4v) is 2.80. The molecule has 2 heterocycles. The Morgan fingerprint density at radius 1 is 1.00 bits per heavy atom. The molecular weight excluding hydrogens is 306 g/mol. The predicted molar refractivity (Wildman–Crippen MR) is 90.9 cm³/mol. The number of aldehydes is 1. The number of hydrogen-bond acceptors (Lipinski definition) is 4. The molecule has 0 amide bonds. The number of aromatic nitrogens is 3. The third kappa shape index (κ3) is 2.04. The number of benzene rings is 2. The summed E-state index contributed by atoms with van der Waals surface area (Å²) in [5.74, 6) is 0. The van der Waals surface area contributed by atoms with Gasteiger partial charge in [0, 0.05) is 22.5 Å². The molecule has 0 radical (unpaired) electrons. The molecule has 0 spiro atoms. The molecular formula is C18H11N3O3. The van der Waals surface area contributed by atoms with Crippen LogP contribution >= 0.6 is 0 Å². The van der Waals surface area contributed by atoms with Gasteiger partial charge >= 0.3 is 5.69 Å². The molecule has 2 aromatic carbocycles. The summed E-state index contributed by atoms with van der Waals surface area (Å²) in [6, 6.07) is 11.9. The van der Waals surface area contributed by atoms with Crippen LogP contribution in [0.4, 0.5) is 0 Å². The minimum Gasteiger partial charge on any atom is -0.306 e. The topological polar surface area (TPSA) is 84.8 Å². The van der Waals surface area contributed by atoms with Crippen molar-refractivity contribution in [1.82, 2.24) is 14.5 Å². The number of nitrogens with one attached hydrogen (secondary N) is 1. The third-order valence-corrected chi connectivity index (χ3v) is 3.95. The summed E-state index contributed by atoms with van der Waals surface area (Å²) in [5, 5.41) is 1.83. The lowest BCUT2D eigenvalue weighted by molar-refractivity contribution is 0.112. The first-order chi connectivity index (χ1) is 11.7. The Bertz CT molecular complexity index is 1220. The van der Waals surface area contributed by atoms with Crippen LogP contribution in [0.15, 0.2) is 64.4 Å². The van der Waals surface area contributed by atoms with Gasteiger partial charge in [-0.2, -0.15) is 0 Å². The zero-order chi connectivity index (χ0) is 16.7. The maximum Gasteiger partial charge on any atom is 0.333 e. The van der Waals surface area contributed by atoms with Gasteiger partial charge in [-0.1, -0.05) is 24.3 Å². The lowest BCUT2D eigenvalue weighted by Crippen LogP contribution is -2.33. The summed E-state index contributed by atoms with van der Waals surface area (Å²) in [6.45, 7) is 0. The van der Waals surface area contributed by atoms with E-state index in [2.05, 4.69) is 9.97 Å². The molecule has 0 unspecified atom stereocenters. The SMILES string of the molecule is O=Cc1ccc2[nH]c(=O)n(-c3cncc4ccccc34)c(=O)c2c1. The van der Waals surface area contributed by atoms with Crippen LogP contribution in [0, 0.1) is 0 Å². The molecule has 0 aliphatic heterocycles. The van der Waals surface area contributed by atoms with Gasteiger partial charge in [0.05, 0.1) is 22.8 Å². The van der Waals surface area contributed by atoms with Crippen LogP contribution in [0.5, 0.6) is 0 Å². The average Bonchev–Trinajstić information content (AvgIpc) is 2.62. The van der Waals surface area contributed by atoms with Crippen molar-refractivity contribution in [2.45, 2.75) is 0 Å². The van der Waals surface area contributed by atoms with Crippen LogP contribution in [-0.2, 0) is 0 Å². The number of pyridine rings is 1. The summed E-state index contributed by atoms with van der Waals surface area (Å²) in [5.41, 5.74) is 0.118. The number of hydrogen-bond donors (Lipinski definition) is 1. The van der Waals surface area contributed by atoms with Crippen molar-refractivity contribution in [2.24, 2.45) is 0 Å². The van der Waals surface area contributed by atoms with Gasteiger partial charge in [0.15, 0.2) is 0 Å². The van der Waals surface area contributed by atoms with Crippen molar-refractivity contribution < 1.29 is 4.79 Å². The van der Waals surface area contributed by atoms with E-state index in [9.17, 15) is 14.4 Å². The Morgan fingerprint density at radius 3 is 2.67 bits per heavy atom. The molecule has 1 N–H and O–H groups in total. The molecule has 2 aromatic heterocycles. The first-order valence-electron chi connectivity index (χ1n) is 7.26. The van der Waals surface area contributed by atoms with E-state index in [1.54, 1.807) is 18.3 Å². The second-order valence-corrected chi connectivity index (χ2v) is 5.37. The van der Waals surface area contributed by atoms with Gasteiger partial charge in [-0.3, -0.25) is 14.6 Å². The maximum atomic E-state index is 12.9. The molecule has 0 atom stereocenters. The second kappa shape index (κ2) is 5.27. The number of aromatic amines is 1. The molecule has 6 nitrogen and oxygen atoms in total. The molecule has 0 aliphatic rings.